The molecule has 3 aliphatic carbocycles. The zero-order chi connectivity index (χ0) is 22.8. The molecule has 31 heavy (non-hydrogen) atoms. The molecule has 0 saturated heterocycles. The standard InChI is InChI=1S/C27H44O4/c1-18(17-28)7-5-14-27(4,31)25-12-11-23-20(8-6-13-26(23,25)3)9-10-21-15-22(29)16-24(30)19(21)2/h9-10,18,22-25,28-31H,2,5-8,11-17H2,1,3-4H3/b20-9+,21-10-/t18?,22-,23-,24+,25-,26-,27-/m0/s1. The first-order valence-corrected chi connectivity index (χ1v) is 12.4. The Hall–Kier alpha value is -0.940. The molecule has 0 amide bonds. The highest BCUT2D eigenvalue weighted by atomic mass is 16.3. The summed E-state index contributed by atoms with van der Waals surface area (Å²) in [5, 5.41) is 40.9. The van der Waals surface area contributed by atoms with Gasteiger partial charge in [-0.05, 0) is 92.6 Å². The van der Waals surface area contributed by atoms with Gasteiger partial charge >= 0.3 is 0 Å². The molecule has 0 aromatic heterocycles. The fourth-order valence-corrected chi connectivity index (χ4v) is 6.80. The Morgan fingerprint density at radius 3 is 2.71 bits per heavy atom. The maximum absolute atomic E-state index is 11.5. The Morgan fingerprint density at radius 1 is 1.26 bits per heavy atom. The first-order valence-electron chi connectivity index (χ1n) is 12.4. The van der Waals surface area contributed by atoms with Gasteiger partial charge in [0.25, 0.3) is 0 Å². The third-order valence-electron chi connectivity index (χ3n) is 8.67. The molecule has 3 fully saturated rings. The maximum atomic E-state index is 11.5. The van der Waals surface area contributed by atoms with Gasteiger partial charge in [0.2, 0.25) is 0 Å². The second kappa shape index (κ2) is 9.91. The summed E-state index contributed by atoms with van der Waals surface area (Å²) in [4.78, 5) is 0. The molecule has 4 nitrogen and oxygen atoms in total. The van der Waals surface area contributed by atoms with Crippen LogP contribution in [0.1, 0.15) is 85.0 Å². The van der Waals surface area contributed by atoms with Crippen LogP contribution in [0, 0.1) is 23.2 Å². The summed E-state index contributed by atoms with van der Waals surface area (Å²) >= 11 is 0. The van der Waals surface area contributed by atoms with Gasteiger partial charge in [0.15, 0.2) is 0 Å². The van der Waals surface area contributed by atoms with Gasteiger partial charge in [0, 0.05) is 13.0 Å². The van der Waals surface area contributed by atoms with E-state index in [1.165, 1.54) is 5.57 Å². The number of fused-ring (bicyclic) bond motifs is 1. The summed E-state index contributed by atoms with van der Waals surface area (Å²) in [6.07, 6.45) is 12.4. The molecule has 4 N–H and O–H groups in total. The second-order valence-electron chi connectivity index (χ2n) is 11.1. The molecule has 0 heterocycles. The van der Waals surface area contributed by atoms with Crippen molar-refractivity contribution in [2.24, 2.45) is 23.2 Å². The van der Waals surface area contributed by atoms with E-state index in [1.54, 1.807) is 0 Å². The first-order chi connectivity index (χ1) is 14.6. The Bertz CT molecular complexity index is 706. The van der Waals surface area contributed by atoms with Crippen LogP contribution in [0.15, 0.2) is 35.5 Å². The SMILES string of the molecule is C=C1/C(=C\C=C2/CCC[C@@]3(C)[C@H]2CC[C@@H]3[C@@](C)(O)CCCC(C)CO)C[C@H](O)C[C@H]1O. The lowest BCUT2D eigenvalue weighted by molar-refractivity contribution is -0.0660. The summed E-state index contributed by atoms with van der Waals surface area (Å²) < 4.78 is 0. The van der Waals surface area contributed by atoms with Crippen molar-refractivity contribution in [3.8, 4) is 0 Å². The van der Waals surface area contributed by atoms with Crippen molar-refractivity contribution >= 4 is 0 Å². The maximum Gasteiger partial charge on any atom is 0.0811 e. The number of aliphatic hydroxyl groups excluding tert-OH is 3. The third-order valence-corrected chi connectivity index (χ3v) is 8.67. The normalized spacial score (nSPS) is 39.5. The molecule has 0 aromatic rings. The monoisotopic (exact) mass is 432 g/mol. The number of rotatable bonds is 7. The summed E-state index contributed by atoms with van der Waals surface area (Å²) in [6, 6.07) is 0. The van der Waals surface area contributed by atoms with E-state index in [2.05, 4.69) is 32.6 Å². The van der Waals surface area contributed by atoms with Crippen LogP contribution < -0.4 is 0 Å². The minimum absolute atomic E-state index is 0.108. The molecule has 0 bridgehead atoms. The summed E-state index contributed by atoms with van der Waals surface area (Å²) in [7, 11) is 0. The first kappa shape index (κ1) is 24.7. The van der Waals surface area contributed by atoms with Crippen LogP contribution in [0.3, 0.4) is 0 Å². The van der Waals surface area contributed by atoms with Crippen molar-refractivity contribution < 1.29 is 20.4 Å². The smallest absolute Gasteiger partial charge is 0.0811 e. The van der Waals surface area contributed by atoms with Crippen molar-refractivity contribution in [2.45, 2.75) is 103 Å². The highest BCUT2D eigenvalue weighted by Crippen LogP contribution is 2.60. The number of allylic oxidation sites excluding steroid dienone is 3. The van der Waals surface area contributed by atoms with Crippen LogP contribution >= 0.6 is 0 Å². The molecule has 0 aliphatic heterocycles. The van der Waals surface area contributed by atoms with Crippen LogP contribution in [0.25, 0.3) is 0 Å². The molecule has 3 rings (SSSR count). The van der Waals surface area contributed by atoms with Crippen LogP contribution in [0.4, 0.5) is 0 Å². The zero-order valence-corrected chi connectivity index (χ0v) is 19.8. The highest BCUT2D eigenvalue weighted by molar-refractivity contribution is 5.38. The summed E-state index contributed by atoms with van der Waals surface area (Å²) in [5.41, 5.74) is 2.59. The van der Waals surface area contributed by atoms with Crippen LogP contribution in [-0.4, -0.2) is 44.8 Å². The van der Waals surface area contributed by atoms with E-state index in [0.717, 1.165) is 62.5 Å². The summed E-state index contributed by atoms with van der Waals surface area (Å²) in [5.74, 6) is 1.07. The molecule has 0 aromatic carbocycles. The van der Waals surface area contributed by atoms with Crippen molar-refractivity contribution in [1.82, 2.24) is 0 Å². The van der Waals surface area contributed by atoms with Crippen LogP contribution in [0.5, 0.6) is 0 Å². The van der Waals surface area contributed by atoms with E-state index < -0.39 is 17.8 Å². The molecule has 0 radical (unpaired) electrons. The fraction of sp³-hybridized carbons (Fsp3) is 0.778. The van der Waals surface area contributed by atoms with E-state index in [-0.39, 0.29) is 12.0 Å². The van der Waals surface area contributed by atoms with E-state index in [9.17, 15) is 20.4 Å². The lowest BCUT2D eigenvalue weighted by Crippen LogP contribution is -2.45. The lowest BCUT2D eigenvalue weighted by Gasteiger charge is -2.47. The van der Waals surface area contributed by atoms with E-state index in [1.807, 2.05) is 6.92 Å². The second-order valence-corrected chi connectivity index (χ2v) is 11.1. The Balaban J connectivity index is 1.74. The van der Waals surface area contributed by atoms with Gasteiger partial charge in [0.05, 0.1) is 17.8 Å². The minimum Gasteiger partial charge on any atom is -0.396 e. The molecule has 0 spiro atoms. The van der Waals surface area contributed by atoms with Crippen molar-refractivity contribution in [3.63, 3.8) is 0 Å². The molecular formula is C27H44O4. The molecule has 3 saturated carbocycles. The van der Waals surface area contributed by atoms with Gasteiger partial charge in [-0.15, -0.1) is 0 Å². The van der Waals surface area contributed by atoms with Crippen LogP contribution in [-0.2, 0) is 0 Å². The van der Waals surface area contributed by atoms with E-state index in [4.69, 9.17) is 0 Å². The zero-order valence-electron chi connectivity index (χ0n) is 19.8. The molecule has 176 valence electrons. The van der Waals surface area contributed by atoms with Gasteiger partial charge < -0.3 is 20.4 Å². The van der Waals surface area contributed by atoms with E-state index >= 15 is 0 Å². The fourth-order valence-electron chi connectivity index (χ4n) is 6.80. The lowest BCUT2D eigenvalue weighted by atomic mass is 9.59. The molecule has 1 unspecified atom stereocenters. The van der Waals surface area contributed by atoms with Gasteiger partial charge in [0.1, 0.15) is 0 Å². The number of hydrogen-bond donors (Lipinski definition) is 4. The molecule has 4 heteroatoms. The van der Waals surface area contributed by atoms with Gasteiger partial charge in [-0.3, -0.25) is 0 Å². The molecular weight excluding hydrogens is 388 g/mol. The largest absolute Gasteiger partial charge is 0.396 e. The average molecular weight is 433 g/mol. The van der Waals surface area contributed by atoms with Crippen molar-refractivity contribution in [1.29, 1.82) is 0 Å². The van der Waals surface area contributed by atoms with Crippen molar-refractivity contribution in [3.05, 3.63) is 35.5 Å². The number of aliphatic hydroxyl groups is 4. The van der Waals surface area contributed by atoms with Crippen molar-refractivity contribution in [2.75, 3.05) is 6.61 Å². The molecule has 7 atom stereocenters. The summed E-state index contributed by atoms with van der Waals surface area (Å²) in [6.45, 7) is 10.7. The van der Waals surface area contributed by atoms with Gasteiger partial charge in [-0.2, -0.15) is 0 Å². The number of hydrogen-bond acceptors (Lipinski definition) is 4. The Morgan fingerprint density at radius 2 is 2.00 bits per heavy atom. The predicted octanol–water partition coefficient (Wildman–Crippen LogP) is 4.68. The minimum atomic E-state index is -0.675. The van der Waals surface area contributed by atoms with E-state index in [0.29, 0.717) is 30.6 Å². The quantitative estimate of drug-likeness (QED) is 0.471. The molecule has 3 aliphatic rings. The highest BCUT2D eigenvalue weighted by Gasteiger charge is 2.54. The average Bonchev–Trinajstić information content (AvgIpc) is 3.07. The predicted molar refractivity (Wildman–Crippen MR) is 125 cm³/mol. The van der Waals surface area contributed by atoms with Gasteiger partial charge in [-0.1, -0.05) is 44.6 Å². The Kier molecular flexibility index (Phi) is 7.89. The van der Waals surface area contributed by atoms with Gasteiger partial charge in [-0.25, -0.2) is 0 Å². The van der Waals surface area contributed by atoms with Crippen LogP contribution in [0.2, 0.25) is 0 Å². The topological polar surface area (TPSA) is 80.9 Å². The third kappa shape index (κ3) is 5.35. The Labute approximate surface area is 188 Å².